The molecular weight excluding hydrogens is 258 g/mol. The van der Waals surface area contributed by atoms with Gasteiger partial charge in [0.25, 0.3) is 0 Å². The number of rotatable bonds is 5. The third kappa shape index (κ3) is 2.93. The van der Waals surface area contributed by atoms with Gasteiger partial charge in [-0.05, 0) is 19.1 Å². The smallest absolute Gasteiger partial charge is 0.374 e. The van der Waals surface area contributed by atoms with Crippen LogP contribution in [0.3, 0.4) is 0 Å². The monoisotopic (exact) mass is 278 g/mol. The Hall–Kier alpha value is -2.01. The molecule has 1 heterocycles. The molecule has 1 N–H and O–H groups in total. The summed E-state index contributed by atoms with van der Waals surface area (Å²) in [6.07, 6.45) is 0. The quantitative estimate of drug-likeness (QED) is 0.831. The topological polar surface area (TPSA) is 53.1 Å². The fraction of sp³-hybridized carbons (Fsp3) is 0.400. The average molecular weight is 278 g/mol. The zero-order valence-electron chi connectivity index (χ0n) is 12.3. The summed E-state index contributed by atoms with van der Waals surface area (Å²) in [6, 6.07) is 5.49. The van der Waals surface area contributed by atoms with E-state index in [1.807, 2.05) is 33.2 Å². The highest BCUT2D eigenvalue weighted by atomic mass is 16.5. The molecule has 108 valence electrons. The van der Waals surface area contributed by atoms with Crippen molar-refractivity contribution in [3.05, 3.63) is 29.5 Å². The lowest BCUT2D eigenvalue weighted by Gasteiger charge is -2.07. The third-order valence-corrected chi connectivity index (χ3v) is 3.17. The molecule has 1 aromatic heterocycles. The molecule has 0 saturated heterocycles. The fourth-order valence-corrected chi connectivity index (χ4v) is 1.94. The molecule has 0 aliphatic rings. The Morgan fingerprint density at radius 3 is 2.75 bits per heavy atom. The minimum Gasteiger partial charge on any atom is -0.497 e. The number of carbonyl (C=O) groups excluding carboxylic acids is 1. The molecule has 2 rings (SSSR count). The Morgan fingerprint density at radius 2 is 2.10 bits per heavy atom. The molecule has 0 radical (unpaired) electrons. The van der Waals surface area contributed by atoms with Crippen LogP contribution in [0.1, 0.15) is 16.1 Å². The number of esters is 1. The summed E-state index contributed by atoms with van der Waals surface area (Å²) in [5, 5.41) is 0.899. The summed E-state index contributed by atoms with van der Waals surface area (Å²) in [5.74, 6) is 0.545. The van der Waals surface area contributed by atoms with Crippen LogP contribution in [0, 0.1) is 6.92 Å². The van der Waals surface area contributed by atoms with Crippen LogP contribution < -0.4 is 9.64 Å². The first kappa shape index (κ1) is 14.4. The number of methoxy groups -OCH3 is 1. The number of fused-ring (bicyclic) bond motifs is 1. The molecule has 0 fully saturated rings. The summed E-state index contributed by atoms with van der Waals surface area (Å²) < 4.78 is 16.0. The molecule has 0 unspecified atom stereocenters. The van der Waals surface area contributed by atoms with E-state index in [2.05, 4.69) is 0 Å². The zero-order chi connectivity index (χ0) is 14.7. The van der Waals surface area contributed by atoms with Crippen molar-refractivity contribution < 1.29 is 23.6 Å². The van der Waals surface area contributed by atoms with Gasteiger partial charge in [0.05, 0.1) is 21.2 Å². The first-order chi connectivity index (χ1) is 9.52. The molecular formula is C15H20NO4+. The number of benzene rings is 1. The summed E-state index contributed by atoms with van der Waals surface area (Å²) in [6.45, 7) is 2.99. The number of furan rings is 1. The van der Waals surface area contributed by atoms with Gasteiger partial charge in [-0.15, -0.1) is 0 Å². The summed E-state index contributed by atoms with van der Waals surface area (Å²) >= 11 is 0. The van der Waals surface area contributed by atoms with Crippen LogP contribution >= 0.6 is 0 Å². The van der Waals surface area contributed by atoms with Crippen LogP contribution in [-0.4, -0.2) is 40.3 Å². The van der Waals surface area contributed by atoms with Gasteiger partial charge in [0.2, 0.25) is 5.76 Å². The molecule has 2 aromatic rings. The first-order valence-electron chi connectivity index (χ1n) is 6.56. The Balaban J connectivity index is 2.21. The van der Waals surface area contributed by atoms with Crippen molar-refractivity contribution in [3.63, 3.8) is 0 Å². The van der Waals surface area contributed by atoms with Crippen molar-refractivity contribution in [1.29, 1.82) is 0 Å². The molecule has 1 aromatic carbocycles. The molecule has 5 nitrogen and oxygen atoms in total. The van der Waals surface area contributed by atoms with Crippen LogP contribution in [-0.2, 0) is 4.74 Å². The highest BCUT2D eigenvalue weighted by Crippen LogP contribution is 2.28. The first-order valence-corrected chi connectivity index (χ1v) is 6.56. The third-order valence-electron chi connectivity index (χ3n) is 3.17. The van der Waals surface area contributed by atoms with Gasteiger partial charge in [0.1, 0.15) is 24.5 Å². The molecule has 0 saturated carbocycles. The maximum Gasteiger partial charge on any atom is 0.374 e. The summed E-state index contributed by atoms with van der Waals surface area (Å²) in [4.78, 5) is 13.2. The predicted molar refractivity (Wildman–Crippen MR) is 75.5 cm³/mol. The zero-order valence-corrected chi connectivity index (χ0v) is 12.3. The van der Waals surface area contributed by atoms with Crippen molar-refractivity contribution in [1.82, 2.24) is 0 Å². The van der Waals surface area contributed by atoms with E-state index in [1.165, 1.54) is 4.90 Å². The van der Waals surface area contributed by atoms with E-state index in [9.17, 15) is 4.79 Å². The van der Waals surface area contributed by atoms with Gasteiger partial charge in [-0.1, -0.05) is 0 Å². The van der Waals surface area contributed by atoms with Crippen molar-refractivity contribution in [2.45, 2.75) is 6.92 Å². The standard InChI is InChI=1S/C15H19NO4/c1-10-12-6-5-11(18-4)9-13(12)20-14(10)15(17)19-8-7-16(2)3/h5-6,9H,7-8H2,1-4H3/p+1. The van der Waals surface area contributed by atoms with Gasteiger partial charge < -0.3 is 18.8 Å². The minimum atomic E-state index is -0.418. The van der Waals surface area contributed by atoms with Gasteiger partial charge in [-0.2, -0.15) is 0 Å². The Morgan fingerprint density at radius 1 is 1.35 bits per heavy atom. The van der Waals surface area contributed by atoms with E-state index < -0.39 is 5.97 Å². The predicted octanol–water partition coefficient (Wildman–Crippen LogP) is 1.05. The van der Waals surface area contributed by atoms with E-state index >= 15 is 0 Å². The molecule has 0 aliphatic heterocycles. The van der Waals surface area contributed by atoms with Gasteiger partial charge in [-0.25, -0.2) is 4.79 Å². The van der Waals surface area contributed by atoms with E-state index in [4.69, 9.17) is 13.9 Å². The number of nitrogens with one attached hydrogen (secondary N) is 1. The largest absolute Gasteiger partial charge is 0.497 e. The fourth-order valence-electron chi connectivity index (χ4n) is 1.94. The average Bonchev–Trinajstić information content (AvgIpc) is 2.75. The number of hydrogen-bond acceptors (Lipinski definition) is 4. The van der Waals surface area contributed by atoms with Crippen LogP contribution in [0.15, 0.2) is 22.6 Å². The SMILES string of the molecule is COc1ccc2c(C)c(C(=O)OCC[NH+](C)C)oc2c1. The van der Waals surface area contributed by atoms with Crippen LogP contribution in [0.5, 0.6) is 5.75 Å². The number of quaternary nitrogens is 1. The summed E-state index contributed by atoms with van der Waals surface area (Å²) in [7, 11) is 5.61. The Kier molecular flexibility index (Phi) is 4.29. The molecule has 0 aliphatic carbocycles. The lowest BCUT2D eigenvalue weighted by molar-refractivity contribution is -0.858. The number of aryl methyl sites for hydroxylation is 1. The second-order valence-electron chi connectivity index (χ2n) is 5.01. The van der Waals surface area contributed by atoms with E-state index in [0.29, 0.717) is 17.9 Å². The molecule has 0 bridgehead atoms. The highest BCUT2D eigenvalue weighted by molar-refractivity contribution is 5.96. The van der Waals surface area contributed by atoms with Crippen LogP contribution in [0.25, 0.3) is 11.0 Å². The van der Waals surface area contributed by atoms with Crippen molar-refractivity contribution in [2.75, 3.05) is 34.4 Å². The lowest BCUT2D eigenvalue weighted by atomic mass is 10.1. The molecule has 5 heteroatoms. The van der Waals surface area contributed by atoms with Gasteiger partial charge >= 0.3 is 5.97 Å². The van der Waals surface area contributed by atoms with Crippen LogP contribution in [0.4, 0.5) is 0 Å². The molecule has 0 amide bonds. The molecule has 20 heavy (non-hydrogen) atoms. The summed E-state index contributed by atoms with van der Waals surface area (Å²) in [5.41, 5.74) is 1.43. The van der Waals surface area contributed by atoms with Crippen molar-refractivity contribution in [3.8, 4) is 5.75 Å². The number of carbonyl (C=O) groups is 1. The normalized spacial score (nSPS) is 11.1. The maximum absolute atomic E-state index is 12.0. The van der Waals surface area contributed by atoms with Crippen LogP contribution in [0.2, 0.25) is 0 Å². The lowest BCUT2D eigenvalue weighted by Crippen LogP contribution is -3.06. The van der Waals surface area contributed by atoms with E-state index in [0.717, 1.165) is 17.5 Å². The Bertz CT molecular complexity index is 616. The Labute approximate surface area is 118 Å². The van der Waals surface area contributed by atoms with Gasteiger partial charge in [0.15, 0.2) is 0 Å². The van der Waals surface area contributed by atoms with Crippen molar-refractivity contribution >= 4 is 16.9 Å². The second-order valence-corrected chi connectivity index (χ2v) is 5.01. The number of likely N-dealkylation sites (N-methyl/N-ethyl adjacent to an activating group) is 1. The maximum atomic E-state index is 12.0. The number of ether oxygens (including phenoxy) is 2. The van der Waals surface area contributed by atoms with Gasteiger partial charge in [-0.3, -0.25) is 0 Å². The van der Waals surface area contributed by atoms with E-state index in [-0.39, 0.29) is 5.76 Å². The van der Waals surface area contributed by atoms with Crippen molar-refractivity contribution in [2.24, 2.45) is 0 Å². The number of hydrogen-bond donors (Lipinski definition) is 1. The van der Waals surface area contributed by atoms with E-state index in [1.54, 1.807) is 13.2 Å². The molecule has 0 atom stereocenters. The second kappa shape index (κ2) is 5.96. The molecule has 0 spiro atoms. The minimum absolute atomic E-state index is 0.266. The van der Waals surface area contributed by atoms with Gasteiger partial charge in [0, 0.05) is 17.0 Å². The highest BCUT2D eigenvalue weighted by Gasteiger charge is 2.19.